The van der Waals surface area contributed by atoms with Crippen molar-refractivity contribution in [1.29, 1.82) is 0 Å². The van der Waals surface area contributed by atoms with Crippen LogP contribution in [0.4, 0.5) is 0 Å². The standard InChI is InChI=1S/C57H104O5/c1-3-5-7-9-11-13-15-17-18-19-20-21-22-23-24-25-26-27-28-29-30-31-32-33-34-35-36-37-38-40-41-43-45-47-49-51-56(59)61-54-55(53-58)62-57(60)52-50-48-46-44-42-39-16-14-12-10-8-6-4-2/h6,8,12,14,19-20,39,42,55,58H,3-5,7,9-11,13,15-18,21-38,40-41,43-54H2,1-2H3/b8-6-,14-12-,20-19-,42-39-. The number of carbonyl (C=O) groups is 2. The van der Waals surface area contributed by atoms with Gasteiger partial charge in [0.15, 0.2) is 6.10 Å². The highest BCUT2D eigenvalue weighted by atomic mass is 16.6. The molecule has 0 aromatic rings. The molecule has 0 heterocycles. The van der Waals surface area contributed by atoms with Crippen LogP contribution in [0.15, 0.2) is 48.6 Å². The minimum atomic E-state index is -0.785. The number of hydrogen-bond acceptors (Lipinski definition) is 5. The van der Waals surface area contributed by atoms with Crippen LogP contribution in [0.3, 0.4) is 0 Å². The van der Waals surface area contributed by atoms with Crippen LogP contribution in [-0.4, -0.2) is 36.4 Å². The zero-order valence-electron chi connectivity index (χ0n) is 41.4. The normalized spacial score (nSPS) is 12.5. The first-order valence-electron chi connectivity index (χ1n) is 27.2. The summed E-state index contributed by atoms with van der Waals surface area (Å²) in [4.78, 5) is 24.4. The molecule has 0 aliphatic rings. The van der Waals surface area contributed by atoms with Gasteiger partial charge in [0.1, 0.15) is 6.61 Å². The highest BCUT2D eigenvalue weighted by Gasteiger charge is 2.16. The summed E-state index contributed by atoms with van der Waals surface area (Å²) in [6, 6.07) is 0. The maximum Gasteiger partial charge on any atom is 0.306 e. The molecule has 0 fully saturated rings. The molecule has 0 aromatic carbocycles. The molecular weight excluding hydrogens is 765 g/mol. The van der Waals surface area contributed by atoms with Gasteiger partial charge in [-0.1, -0.05) is 249 Å². The molecular formula is C57H104O5. The molecule has 0 rings (SSSR count). The Morgan fingerprint density at radius 1 is 0.387 bits per heavy atom. The summed E-state index contributed by atoms with van der Waals surface area (Å²) in [5.41, 5.74) is 0. The van der Waals surface area contributed by atoms with Crippen molar-refractivity contribution < 1.29 is 24.2 Å². The second-order valence-corrected chi connectivity index (χ2v) is 18.3. The fourth-order valence-corrected chi connectivity index (χ4v) is 8.04. The van der Waals surface area contributed by atoms with Gasteiger partial charge in [0.05, 0.1) is 6.61 Å². The number of hydrogen-bond donors (Lipinski definition) is 1. The van der Waals surface area contributed by atoms with Crippen LogP contribution in [0, 0.1) is 0 Å². The molecule has 362 valence electrons. The maximum atomic E-state index is 12.2. The van der Waals surface area contributed by atoms with Gasteiger partial charge in [0.2, 0.25) is 0 Å². The first-order chi connectivity index (χ1) is 30.6. The van der Waals surface area contributed by atoms with Gasteiger partial charge in [-0.2, -0.15) is 0 Å². The summed E-state index contributed by atoms with van der Waals surface area (Å²) >= 11 is 0. The van der Waals surface area contributed by atoms with Gasteiger partial charge in [-0.15, -0.1) is 0 Å². The minimum Gasteiger partial charge on any atom is -0.462 e. The molecule has 0 bridgehead atoms. The summed E-state index contributed by atoms with van der Waals surface area (Å²) in [7, 11) is 0. The summed E-state index contributed by atoms with van der Waals surface area (Å²) in [5.74, 6) is -0.616. The average molecular weight is 869 g/mol. The number of rotatable bonds is 50. The lowest BCUT2D eigenvalue weighted by Crippen LogP contribution is -2.28. The monoisotopic (exact) mass is 869 g/mol. The molecule has 0 radical (unpaired) electrons. The van der Waals surface area contributed by atoms with Crippen molar-refractivity contribution in [1.82, 2.24) is 0 Å². The first-order valence-corrected chi connectivity index (χ1v) is 27.2. The van der Waals surface area contributed by atoms with E-state index in [1.807, 2.05) is 0 Å². The molecule has 0 amide bonds. The van der Waals surface area contributed by atoms with Crippen molar-refractivity contribution in [2.24, 2.45) is 0 Å². The lowest BCUT2D eigenvalue weighted by Gasteiger charge is -2.15. The smallest absolute Gasteiger partial charge is 0.306 e. The highest BCUT2D eigenvalue weighted by Crippen LogP contribution is 2.17. The Kier molecular flexibility index (Phi) is 51.4. The van der Waals surface area contributed by atoms with Crippen molar-refractivity contribution >= 4 is 11.9 Å². The number of carbonyl (C=O) groups excluding carboxylic acids is 2. The molecule has 0 saturated heterocycles. The fourth-order valence-electron chi connectivity index (χ4n) is 8.04. The zero-order chi connectivity index (χ0) is 44.9. The van der Waals surface area contributed by atoms with Gasteiger partial charge in [-0.3, -0.25) is 9.59 Å². The Hall–Kier alpha value is -2.14. The van der Waals surface area contributed by atoms with E-state index in [0.29, 0.717) is 12.8 Å². The number of unbranched alkanes of at least 4 members (excludes halogenated alkanes) is 34. The van der Waals surface area contributed by atoms with Crippen molar-refractivity contribution in [3.63, 3.8) is 0 Å². The van der Waals surface area contributed by atoms with Gasteiger partial charge < -0.3 is 14.6 Å². The van der Waals surface area contributed by atoms with Gasteiger partial charge in [0.25, 0.3) is 0 Å². The molecule has 5 nitrogen and oxygen atoms in total. The highest BCUT2D eigenvalue weighted by molar-refractivity contribution is 5.70. The van der Waals surface area contributed by atoms with Crippen molar-refractivity contribution in [2.45, 2.75) is 290 Å². The number of aliphatic hydroxyl groups excluding tert-OH is 1. The Labute approximate surface area is 386 Å². The largest absolute Gasteiger partial charge is 0.462 e. The Balaban J connectivity index is 3.39. The van der Waals surface area contributed by atoms with Crippen LogP contribution in [0.25, 0.3) is 0 Å². The third-order valence-corrected chi connectivity index (χ3v) is 12.1. The van der Waals surface area contributed by atoms with Crippen molar-refractivity contribution in [2.75, 3.05) is 13.2 Å². The van der Waals surface area contributed by atoms with Crippen LogP contribution >= 0.6 is 0 Å². The maximum absolute atomic E-state index is 12.2. The predicted molar refractivity (Wildman–Crippen MR) is 270 cm³/mol. The van der Waals surface area contributed by atoms with Gasteiger partial charge >= 0.3 is 11.9 Å². The van der Waals surface area contributed by atoms with E-state index >= 15 is 0 Å². The Morgan fingerprint density at radius 3 is 1.08 bits per heavy atom. The summed E-state index contributed by atoms with van der Waals surface area (Å²) in [5, 5.41) is 9.59. The molecule has 0 aromatic heterocycles. The number of aliphatic hydroxyl groups is 1. The molecule has 5 heteroatoms. The lowest BCUT2D eigenvalue weighted by molar-refractivity contribution is -0.161. The number of allylic oxidation sites excluding steroid dienone is 8. The molecule has 1 N–H and O–H groups in total. The third-order valence-electron chi connectivity index (χ3n) is 12.1. The van der Waals surface area contributed by atoms with E-state index in [1.54, 1.807) is 0 Å². The molecule has 62 heavy (non-hydrogen) atoms. The van der Waals surface area contributed by atoms with Gasteiger partial charge in [-0.25, -0.2) is 0 Å². The average Bonchev–Trinajstić information content (AvgIpc) is 3.28. The van der Waals surface area contributed by atoms with Crippen LogP contribution in [0.5, 0.6) is 0 Å². The number of ether oxygens (including phenoxy) is 2. The Bertz CT molecular complexity index is 1030. The molecule has 0 aliphatic heterocycles. The van der Waals surface area contributed by atoms with E-state index in [9.17, 15) is 14.7 Å². The van der Waals surface area contributed by atoms with E-state index in [4.69, 9.17) is 9.47 Å². The third kappa shape index (κ3) is 50.5. The minimum absolute atomic E-state index is 0.0757. The molecule has 1 atom stereocenters. The van der Waals surface area contributed by atoms with Crippen molar-refractivity contribution in [3.05, 3.63) is 48.6 Å². The van der Waals surface area contributed by atoms with E-state index in [0.717, 1.165) is 64.2 Å². The summed E-state index contributed by atoms with van der Waals surface area (Å²) in [6.45, 7) is 4.02. The molecule has 0 aliphatic carbocycles. The second kappa shape index (κ2) is 53.2. The number of esters is 2. The van der Waals surface area contributed by atoms with Crippen LogP contribution in [0.1, 0.15) is 284 Å². The van der Waals surface area contributed by atoms with Crippen LogP contribution in [-0.2, 0) is 19.1 Å². The lowest BCUT2D eigenvalue weighted by atomic mass is 10.0. The van der Waals surface area contributed by atoms with E-state index < -0.39 is 6.10 Å². The van der Waals surface area contributed by atoms with E-state index in [2.05, 4.69) is 62.5 Å². The fraction of sp³-hybridized carbons (Fsp3) is 0.825. The molecule has 0 saturated carbocycles. The van der Waals surface area contributed by atoms with Gasteiger partial charge in [-0.05, 0) is 70.6 Å². The van der Waals surface area contributed by atoms with Crippen LogP contribution in [0.2, 0.25) is 0 Å². The second-order valence-electron chi connectivity index (χ2n) is 18.3. The van der Waals surface area contributed by atoms with E-state index in [1.165, 1.54) is 193 Å². The Morgan fingerprint density at radius 2 is 0.694 bits per heavy atom. The predicted octanol–water partition coefficient (Wildman–Crippen LogP) is 18.1. The van der Waals surface area contributed by atoms with Crippen LogP contribution < -0.4 is 0 Å². The molecule has 0 spiro atoms. The summed E-state index contributed by atoms with van der Waals surface area (Å²) in [6.07, 6.45) is 69.7. The quantitative estimate of drug-likeness (QED) is 0.0375. The summed E-state index contributed by atoms with van der Waals surface area (Å²) < 4.78 is 10.6. The SMILES string of the molecule is CC/C=C\C/C=C\C/C=C\CCCCCC(=O)OC(CO)COC(=O)CCCCCCCCCCCCCCCCCCCCCCCCC/C=C\CCCCCCCCCC. The van der Waals surface area contributed by atoms with Gasteiger partial charge in [0, 0.05) is 12.8 Å². The van der Waals surface area contributed by atoms with Crippen molar-refractivity contribution in [3.8, 4) is 0 Å². The topological polar surface area (TPSA) is 72.8 Å². The first kappa shape index (κ1) is 59.9. The zero-order valence-corrected chi connectivity index (χ0v) is 41.4. The van der Waals surface area contributed by atoms with E-state index in [-0.39, 0.29) is 25.2 Å². The molecule has 1 unspecified atom stereocenters.